The third kappa shape index (κ3) is 5.70. The summed E-state index contributed by atoms with van der Waals surface area (Å²) in [5.41, 5.74) is 3.25. The van der Waals surface area contributed by atoms with Gasteiger partial charge in [0.2, 0.25) is 5.91 Å². The van der Waals surface area contributed by atoms with Crippen molar-refractivity contribution in [3.8, 4) is 0 Å². The third-order valence-electron chi connectivity index (χ3n) is 3.89. The molecule has 1 amide bonds. The molecule has 4 nitrogen and oxygen atoms in total. The van der Waals surface area contributed by atoms with Crippen molar-refractivity contribution in [2.75, 3.05) is 37.4 Å². The molecule has 0 fully saturated rings. The highest BCUT2D eigenvalue weighted by Gasteiger charge is 2.11. The van der Waals surface area contributed by atoms with Gasteiger partial charge in [0, 0.05) is 31.4 Å². The van der Waals surface area contributed by atoms with Crippen molar-refractivity contribution in [1.29, 1.82) is 0 Å². The summed E-state index contributed by atoms with van der Waals surface area (Å²) in [5, 5.41) is 3.40. The van der Waals surface area contributed by atoms with Gasteiger partial charge in [0.1, 0.15) is 0 Å². The fourth-order valence-corrected chi connectivity index (χ4v) is 2.57. The molecule has 2 aromatic rings. The molecule has 0 aliphatic heterocycles. The van der Waals surface area contributed by atoms with Gasteiger partial charge in [-0.2, -0.15) is 0 Å². The Morgan fingerprint density at radius 2 is 1.62 bits per heavy atom. The fraction of sp³-hybridized carbons (Fsp3) is 0.350. The number of hydrogen-bond donors (Lipinski definition) is 1. The number of nitrogens with zero attached hydrogens (tertiary/aromatic N) is 2. The molecule has 0 radical (unpaired) electrons. The van der Waals surface area contributed by atoms with Crippen LogP contribution < -0.4 is 10.2 Å². The summed E-state index contributed by atoms with van der Waals surface area (Å²) in [4.78, 5) is 15.9. The zero-order valence-electron chi connectivity index (χ0n) is 14.8. The Morgan fingerprint density at radius 3 is 2.21 bits per heavy atom. The van der Waals surface area contributed by atoms with Gasteiger partial charge in [0.15, 0.2) is 0 Å². The Labute approximate surface area is 145 Å². The Kier molecular flexibility index (Phi) is 6.82. The van der Waals surface area contributed by atoms with Gasteiger partial charge in [0.25, 0.3) is 0 Å². The summed E-state index contributed by atoms with van der Waals surface area (Å²) in [6.45, 7) is 4.13. The van der Waals surface area contributed by atoms with Crippen molar-refractivity contribution in [2.24, 2.45) is 0 Å². The van der Waals surface area contributed by atoms with Crippen LogP contribution in [0.2, 0.25) is 0 Å². The number of hydrogen-bond acceptors (Lipinski definition) is 3. The molecule has 1 N–H and O–H groups in total. The van der Waals surface area contributed by atoms with Crippen LogP contribution in [-0.4, -0.2) is 38.0 Å². The minimum absolute atomic E-state index is 0.0822. The van der Waals surface area contributed by atoms with Crippen LogP contribution in [0.3, 0.4) is 0 Å². The summed E-state index contributed by atoms with van der Waals surface area (Å²) < 4.78 is 0. The second-order valence-corrected chi connectivity index (χ2v) is 6.21. The van der Waals surface area contributed by atoms with Crippen LogP contribution in [0.25, 0.3) is 0 Å². The highest BCUT2D eigenvalue weighted by atomic mass is 16.2. The van der Waals surface area contributed by atoms with Crippen LogP contribution in [0, 0.1) is 0 Å². The number of carbonyl (C=O) groups excluding carboxylic acids is 1. The van der Waals surface area contributed by atoms with Gasteiger partial charge in [-0.3, -0.25) is 4.79 Å². The molecule has 0 aliphatic carbocycles. The number of amides is 1. The Morgan fingerprint density at radius 1 is 0.958 bits per heavy atom. The molecular formula is C20H27N3O. The molecule has 0 atom stereocenters. The van der Waals surface area contributed by atoms with Gasteiger partial charge in [-0.1, -0.05) is 30.3 Å². The number of carbonyl (C=O) groups is 1. The lowest BCUT2D eigenvalue weighted by Crippen LogP contribution is -2.31. The lowest BCUT2D eigenvalue weighted by atomic mass is 10.2. The van der Waals surface area contributed by atoms with E-state index >= 15 is 0 Å². The maximum atomic E-state index is 11.9. The second kappa shape index (κ2) is 9.08. The van der Waals surface area contributed by atoms with Crippen LogP contribution in [-0.2, 0) is 11.3 Å². The lowest BCUT2D eigenvalue weighted by molar-refractivity contribution is -0.116. The first kappa shape index (κ1) is 18.0. The quantitative estimate of drug-likeness (QED) is 0.805. The molecule has 24 heavy (non-hydrogen) atoms. The van der Waals surface area contributed by atoms with E-state index in [0.717, 1.165) is 37.4 Å². The van der Waals surface area contributed by atoms with E-state index in [9.17, 15) is 4.79 Å². The zero-order valence-corrected chi connectivity index (χ0v) is 14.8. The van der Waals surface area contributed by atoms with Gasteiger partial charge in [-0.15, -0.1) is 0 Å². The maximum absolute atomic E-state index is 11.9. The summed E-state index contributed by atoms with van der Waals surface area (Å²) in [7, 11) is 4.09. The molecule has 0 unspecified atom stereocenters. The first-order valence-electron chi connectivity index (χ1n) is 8.37. The minimum Gasteiger partial charge on any atom is -0.381 e. The summed E-state index contributed by atoms with van der Waals surface area (Å²) in [6.07, 6.45) is 0.959. The van der Waals surface area contributed by atoms with Crippen molar-refractivity contribution in [1.82, 2.24) is 4.90 Å². The molecule has 0 aliphatic rings. The van der Waals surface area contributed by atoms with Crippen molar-refractivity contribution in [2.45, 2.75) is 19.9 Å². The molecule has 0 bridgehead atoms. The number of anilines is 2. The second-order valence-electron chi connectivity index (χ2n) is 6.21. The van der Waals surface area contributed by atoms with E-state index in [4.69, 9.17) is 0 Å². The summed E-state index contributed by atoms with van der Waals surface area (Å²) in [6, 6.07) is 18.4. The molecule has 0 saturated heterocycles. The van der Waals surface area contributed by atoms with Gasteiger partial charge in [0.05, 0.1) is 0 Å². The monoisotopic (exact) mass is 325 g/mol. The van der Waals surface area contributed by atoms with Crippen LogP contribution >= 0.6 is 0 Å². The smallest absolute Gasteiger partial charge is 0.223 e. The van der Waals surface area contributed by atoms with E-state index in [2.05, 4.69) is 22.3 Å². The van der Waals surface area contributed by atoms with Crippen molar-refractivity contribution in [3.63, 3.8) is 0 Å². The third-order valence-corrected chi connectivity index (χ3v) is 3.89. The number of rotatable bonds is 8. The number of nitrogens with one attached hydrogen (secondary N) is 1. The van der Waals surface area contributed by atoms with Crippen LogP contribution in [0.5, 0.6) is 0 Å². The molecule has 4 heteroatoms. The predicted molar refractivity (Wildman–Crippen MR) is 101 cm³/mol. The molecule has 0 spiro atoms. The molecule has 0 heterocycles. The summed E-state index contributed by atoms with van der Waals surface area (Å²) >= 11 is 0. The van der Waals surface area contributed by atoms with E-state index < -0.39 is 0 Å². The fourth-order valence-electron chi connectivity index (χ4n) is 2.57. The van der Waals surface area contributed by atoms with Gasteiger partial charge in [-0.05, 0) is 56.9 Å². The Balaban J connectivity index is 1.94. The maximum Gasteiger partial charge on any atom is 0.223 e. The Bertz CT molecular complexity index is 623. The topological polar surface area (TPSA) is 35.6 Å². The van der Waals surface area contributed by atoms with E-state index in [1.54, 1.807) is 6.92 Å². The van der Waals surface area contributed by atoms with Gasteiger partial charge >= 0.3 is 0 Å². The first-order chi connectivity index (χ1) is 11.6. The highest BCUT2D eigenvalue weighted by molar-refractivity contribution is 5.91. The minimum atomic E-state index is 0.0822. The van der Waals surface area contributed by atoms with Crippen LogP contribution in [0.4, 0.5) is 11.4 Å². The predicted octanol–water partition coefficient (Wildman–Crippen LogP) is 3.60. The zero-order chi connectivity index (χ0) is 17.4. The Hall–Kier alpha value is -2.33. The van der Waals surface area contributed by atoms with Gasteiger partial charge in [-0.25, -0.2) is 0 Å². The SMILES string of the molecule is CC(=O)N(CCCN(C)C)c1ccc(NCc2ccccc2)cc1. The largest absolute Gasteiger partial charge is 0.381 e. The number of benzene rings is 2. The molecule has 0 aromatic heterocycles. The van der Waals surface area contributed by atoms with Crippen molar-refractivity contribution < 1.29 is 4.79 Å². The van der Waals surface area contributed by atoms with Crippen LogP contribution in [0.1, 0.15) is 18.9 Å². The summed E-state index contributed by atoms with van der Waals surface area (Å²) in [5.74, 6) is 0.0822. The first-order valence-corrected chi connectivity index (χ1v) is 8.37. The van der Waals surface area contributed by atoms with Gasteiger partial charge < -0.3 is 15.1 Å². The van der Waals surface area contributed by atoms with Crippen molar-refractivity contribution >= 4 is 17.3 Å². The molecule has 2 aromatic carbocycles. The molecular weight excluding hydrogens is 298 g/mol. The lowest BCUT2D eigenvalue weighted by Gasteiger charge is -2.22. The van der Waals surface area contributed by atoms with Crippen molar-refractivity contribution in [3.05, 3.63) is 60.2 Å². The van der Waals surface area contributed by atoms with E-state index in [-0.39, 0.29) is 5.91 Å². The standard InChI is InChI=1S/C20H27N3O/c1-17(24)23(15-7-14-22(2)3)20-12-10-19(11-13-20)21-16-18-8-5-4-6-9-18/h4-6,8-13,21H,7,14-16H2,1-3H3. The molecule has 128 valence electrons. The van der Waals surface area contributed by atoms with E-state index in [0.29, 0.717) is 0 Å². The molecule has 0 saturated carbocycles. The highest BCUT2D eigenvalue weighted by Crippen LogP contribution is 2.19. The van der Waals surface area contributed by atoms with E-state index in [1.165, 1.54) is 5.56 Å². The average Bonchev–Trinajstić information content (AvgIpc) is 2.58. The average molecular weight is 325 g/mol. The van der Waals surface area contributed by atoms with Crippen LogP contribution in [0.15, 0.2) is 54.6 Å². The molecule has 2 rings (SSSR count). The normalized spacial score (nSPS) is 10.7. The van der Waals surface area contributed by atoms with E-state index in [1.807, 2.05) is 61.5 Å².